The van der Waals surface area contributed by atoms with E-state index < -0.39 is 0 Å². The fraction of sp³-hybridized carbons (Fsp3) is 0.227. The summed E-state index contributed by atoms with van der Waals surface area (Å²) in [6.07, 6.45) is 0. The summed E-state index contributed by atoms with van der Waals surface area (Å²) < 4.78 is 18.0. The van der Waals surface area contributed by atoms with Gasteiger partial charge in [-0.3, -0.25) is 4.79 Å². The van der Waals surface area contributed by atoms with Gasteiger partial charge in [-0.2, -0.15) is 0 Å². The van der Waals surface area contributed by atoms with Crippen LogP contribution in [0.25, 0.3) is 0 Å². The Bertz CT molecular complexity index is 1040. The largest absolute Gasteiger partial charge is 0.497 e. The highest BCUT2D eigenvalue weighted by molar-refractivity contribution is 6.04. The summed E-state index contributed by atoms with van der Waals surface area (Å²) in [5.74, 6) is 1.96. The summed E-state index contributed by atoms with van der Waals surface area (Å²) >= 11 is 0. The number of aryl methyl sites for hydroxylation is 2. The number of anilines is 1. The Kier molecular flexibility index (Phi) is 4.69. The van der Waals surface area contributed by atoms with Gasteiger partial charge in [0.15, 0.2) is 11.5 Å². The van der Waals surface area contributed by atoms with Gasteiger partial charge in [-0.1, -0.05) is 12.1 Å². The second kappa shape index (κ2) is 7.31. The molecule has 0 spiro atoms. The van der Waals surface area contributed by atoms with Gasteiger partial charge in [0.25, 0.3) is 5.91 Å². The van der Waals surface area contributed by atoms with Gasteiger partial charge in [-0.25, -0.2) is 0 Å². The normalized spacial score (nSPS) is 12.1. The van der Waals surface area contributed by atoms with Crippen LogP contribution in [0.4, 0.5) is 5.69 Å². The van der Waals surface area contributed by atoms with E-state index in [2.05, 4.69) is 5.32 Å². The number of fused-ring (bicyclic) bond motifs is 1. The van der Waals surface area contributed by atoms with Crippen LogP contribution >= 0.6 is 0 Å². The summed E-state index contributed by atoms with van der Waals surface area (Å²) in [4.78, 5) is 13.1. The van der Waals surface area contributed by atoms with Crippen LogP contribution in [-0.4, -0.2) is 24.4 Å². The molecule has 0 aliphatic carbocycles. The molecule has 0 fully saturated rings. The first kappa shape index (κ1) is 18.0. The molecule has 0 saturated carbocycles. The van der Waals surface area contributed by atoms with Gasteiger partial charge < -0.3 is 24.1 Å². The molecule has 0 radical (unpaired) electrons. The Morgan fingerprint density at radius 1 is 1.11 bits per heavy atom. The third kappa shape index (κ3) is 3.41. The number of carbonyl (C=O) groups excluding carboxylic acids is 1. The molecule has 1 amide bonds. The molecule has 1 aliphatic rings. The summed E-state index contributed by atoms with van der Waals surface area (Å²) in [5.41, 5.74) is 4.32. The molecule has 1 N–H and O–H groups in total. The smallest absolute Gasteiger partial charge is 0.272 e. The lowest BCUT2D eigenvalue weighted by Crippen LogP contribution is -2.19. The second-order valence-corrected chi connectivity index (χ2v) is 6.78. The average molecular weight is 378 g/mol. The van der Waals surface area contributed by atoms with E-state index in [-0.39, 0.29) is 12.7 Å². The third-order valence-electron chi connectivity index (χ3n) is 4.81. The van der Waals surface area contributed by atoms with Gasteiger partial charge in [0, 0.05) is 24.0 Å². The molecule has 6 nitrogen and oxygen atoms in total. The fourth-order valence-electron chi connectivity index (χ4n) is 3.47. The third-order valence-corrected chi connectivity index (χ3v) is 4.81. The second-order valence-electron chi connectivity index (χ2n) is 6.78. The van der Waals surface area contributed by atoms with Gasteiger partial charge in [0.1, 0.15) is 11.4 Å². The minimum atomic E-state index is -0.160. The summed E-state index contributed by atoms with van der Waals surface area (Å²) in [5, 5.41) is 2.97. The molecule has 0 bridgehead atoms. The van der Waals surface area contributed by atoms with Crippen molar-refractivity contribution in [3.05, 3.63) is 71.0 Å². The maximum atomic E-state index is 13.1. The molecule has 0 saturated heterocycles. The number of carbonyl (C=O) groups is 1. The quantitative estimate of drug-likeness (QED) is 0.725. The lowest BCUT2D eigenvalue weighted by atomic mass is 10.2. The molecule has 0 atom stereocenters. The first-order valence-electron chi connectivity index (χ1n) is 9.06. The van der Waals surface area contributed by atoms with Crippen molar-refractivity contribution in [3.8, 4) is 17.2 Å². The zero-order valence-corrected chi connectivity index (χ0v) is 16.1. The van der Waals surface area contributed by atoms with Gasteiger partial charge in [-0.15, -0.1) is 0 Å². The molecule has 6 heteroatoms. The van der Waals surface area contributed by atoms with Crippen LogP contribution < -0.4 is 19.5 Å². The number of rotatable bonds is 5. The topological polar surface area (TPSA) is 61.7 Å². The lowest BCUT2D eigenvalue weighted by Gasteiger charge is -2.14. The number of aromatic nitrogens is 1. The van der Waals surface area contributed by atoms with Crippen molar-refractivity contribution >= 4 is 11.6 Å². The molecule has 0 unspecified atom stereocenters. The van der Waals surface area contributed by atoms with Crippen LogP contribution in [0.15, 0.2) is 48.5 Å². The Labute approximate surface area is 163 Å². The summed E-state index contributed by atoms with van der Waals surface area (Å²) in [6, 6.07) is 15.3. The molecule has 2 aromatic carbocycles. The number of hydrogen-bond acceptors (Lipinski definition) is 4. The van der Waals surface area contributed by atoms with Crippen LogP contribution in [-0.2, 0) is 6.54 Å². The Morgan fingerprint density at radius 2 is 1.93 bits per heavy atom. The van der Waals surface area contributed by atoms with Crippen LogP contribution in [0.2, 0.25) is 0 Å². The SMILES string of the molecule is COc1cccc(Cn2c(C)cc(C)c2C(=O)Nc2ccc3c(c2)OCO3)c1. The maximum absolute atomic E-state index is 13.1. The van der Waals surface area contributed by atoms with Crippen molar-refractivity contribution in [2.75, 3.05) is 19.2 Å². The van der Waals surface area contributed by atoms with Gasteiger partial charge in [0.2, 0.25) is 6.79 Å². The Balaban J connectivity index is 1.61. The van der Waals surface area contributed by atoms with Crippen LogP contribution in [0.5, 0.6) is 17.2 Å². The lowest BCUT2D eigenvalue weighted by molar-refractivity contribution is 0.101. The molecule has 1 aromatic heterocycles. The molecule has 144 valence electrons. The highest BCUT2D eigenvalue weighted by atomic mass is 16.7. The van der Waals surface area contributed by atoms with Crippen molar-refractivity contribution in [2.24, 2.45) is 0 Å². The van der Waals surface area contributed by atoms with Crippen LogP contribution in [0.1, 0.15) is 27.3 Å². The number of nitrogens with one attached hydrogen (secondary N) is 1. The molecule has 4 rings (SSSR count). The highest BCUT2D eigenvalue weighted by Gasteiger charge is 2.19. The number of amides is 1. The molecular weight excluding hydrogens is 356 g/mol. The minimum Gasteiger partial charge on any atom is -0.497 e. The highest BCUT2D eigenvalue weighted by Crippen LogP contribution is 2.34. The van der Waals surface area contributed by atoms with Crippen LogP contribution in [0.3, 0.4) is 0 Å². The summed E-state index contributed by atoms with van der Waals surface area (Å²) in [6.45, 7) is 4.74. The summed E-state index contributed by atoms with van der Waals surface area (Å²) in [7, 11) is 1.65. The first-order chi connectivity index (χ1) is 13.5. The van der Waals surface area contributed by atoms with Crippen molar-refractivity contribution in [1.29, 1.82) is 0 Å². The van der Waals surface area contributed by atoms with E-state index in [9.17, 15) is 4.79 Å². The van der Waals surface area contributed by atoms with E-state index >= 15 is 0 Å². The standard InChI is InChI=1S/C22H22N2O4/c1-14-9-15(2)24(12-16-5-4-6-18(10-16)26-3)21(14)22(25)23-17-7-8-19-20(11-17)28-13-27-19/h4-11H,12-13H2,1-3H3,(H,23,25). The monoisotopic (exact) mass is 378 g/mol. The maximum Gasteiger partial charge on any atom is 0.272 e. The number of hydrogen-bond donors (Lipinski definition) is 1. The molecule has 2 heterocycles. The van der Waals surface area contributed by atoms with Crippen molar-refractivity contribution < 1.29 is 19.0 Å². The van der Waals surface area contributed by atoms with Crippen molar-refractivity contribution in [3.63, 3.8) is 0 Å². The Hall–Kier alpha value is -3.41. The van der Waals surface area contributed by atoms with Crippen molar-refractivity contribution in [2.45, 2.75) is 20.4 Å². The van der Waals surface area contributed by atoms with Gasteiger partial charge in [-0.05, 0) is 55.3 Å². The van der Waals surface area contributed by atoms with E-state index in [1.807, 2.05) is 54.8 Å². The van der Waals surface area contributed by atoms with E-state index in [1.165, 1.54) is 0 Å². The zero-order valence-electron chi connectivity index (χ0n) is 16.1. The fourth-order valence-corrected chi connectivity index (χ4v) is 3.47. The van der Waals surface area contributed by atoms with E-state index in [0.29, 0.717) is 29.4 Å². The zero-order chi connectivity index (χ0) is 19.7. The molecule has 3 aromatic rings. The number of benzene rings is 2. The van der Waals surface area contributed by atoms with Crippen molar-refractivity contribution in [1.82, 2.24) is 4.57 Å². The predicted octanol–water partition coefficient (Wildman–Crippen LogP) is 4.14. The first-order valence-corrected chi connectivity index (χ1v) is 9.06. The van der Waals surface area contributed by atoms with E-state index in [1.54, 1.807) is 19.2 Å². The number of ether oxygens (including phenoxy) is 3. The van der Waals surface area contributed by atoms with Crippen LogP contribution in [0, 0.1) is 13.8 Å². The molecule has 1 aliphatic heterocycles. The predicted molar refractivity (Wildman–Crippen MR) is 107 cm³/mol. The van der Waals surface area contributed by atoms with Gasteiger partial charge in [0.05, 0.1) is 7.11 Å². The van der Waals surface area contributed by atoms with Gasteiger partial charge >= 0.3 is 0 Å². The molecule has 28 heavy (non-hydrogen) atoms. The number of nitrogens with zero attached hydrogens (tertiary/aromatic N) is 1. The van der Waals surface area contributed by atoms with E-state index in [0.717, 1.165) is 22.6 Å². The number of methoxy groups -OCH3 is 1. The molecular formula is C22H22N2O4. The minimum absolute atomic E-state index is 0.160. The Morgan fingerprint density at radius 3 is 2.75 bits per heavy atom. The average Bonchev–Trinajstić information content (AvgIpc) is 3.25. The van der Waals surface area contributed by atoms with E-state index in [4.69, 9.17) is 14.2 Å².